The minimum atomic E-state index is -4.55. The van der Waals surface area contributed by atoms with Crippen molar-refractivity contribution in [3.8, 4) is 17.3 Å². The molecule has 2 atom stereocenters. The fourth-order valence-corrected chi connectivity index (χ4v) is 4.35. The summed E-state index contributed by atoms with van der Waals surface area (Å²) in [5.41, 5.74) is 0.964. The van der Waals surface area contributed by atoms with Gasteiger partial charge in [-0.05, 0) is 31.5 Å². The van der Waals surface area contributed by atoms with Crippen LogP contribution in [0.5, 0.6) is 0 Å². The summed E-state index contributed by atoms with van der Waals surface area (Å²) >= 11 is 0. The van der Waals surface area contributed by atoms with Gasteiger partial charge in [-0.3, -0.25) is 0 Å². The van der Waals surface area contributed by atoms with Gasteiger partial charge in [-0.1, -0.05) is 6.07 Å². The lowest BCUT2D eigenvalue weighted by Gasteiger charge is -2.32. The molecule has 0 bridgehead atoms. The molecule has 0 spiro atoms. The average molecular weight is 508 g/mol. The van der Waals surface area contributed by atoms with Crippen molar-refractivity contribution in [1.29, 1.82) is 5.26 Å². The highest BCUT2D eigenvalue weighted by atomic mass is 19.4. The normalized spacial score (nSPS) is 17.0. The van der Waals surface area contributed by atoms with E-state index in [4.69, 9.17) is 0 Å². The molecule has 1 aliphatic heterocycles. The lowest BCUT2D eigenvalue weighted by Crippen LogP contribution is -2.49. The summed E-state index contributed by atoms with van der Waals surface area (Å²) in [5.74, 6) is 1.14. The van der Waals surface area contributed by atoms with Crippen LogP contribution < -0.4 is 15.5 Å². The Morgan fingerprint density at radius 1 is 1.19 bits per heavy atom. The van der Waals surface area contributed by atoms with Gasteiger partial charge >= 0.3 is 6.18 Å². The predicted molar refractivity (Wildman–Crippen MR) is 133 cm³/mol. The number of nitrogens with one attached hydrogen (secondary N) is 3. The summed E-state index contributed by atoms with van der Waals surface area (Å²) in [6.45, 7) is 6.75. The Morgan fingerprint density at radius 3 is 2.73 bits per heavy atom. The van der Waals surface area contributed by atoms with Gasteiger partial charge in [-0.15, -0.1) is 0 Å². The number of fused-ring (bicyclic) bond motifs is 1. The van der Waals surface area contributed by atoms with E-state index in [1.54, 1.807) is 6.20 Å². The summed E-state index contributed by atoms with van der Waals surface area (Å²) < 4.78 is 39.8. The van der Waals surface area contributed by atoms with Crippen LogP contribution >= 0.6 is 0 Å². The molecule has 3 N–H and O–H groups in total. The van der Waals surface area contributed by atoms with E-state index in [1.165, 1.54) is 12.4 Å². The SMILES string of the molecule is CC(Nc1ncc(C#N)c(-c2c[nH]c3ncc(C(F)(F)F)cc23)n1)c1ccc(N2CCN[C@@H](C)C2)nc1. The van der Waals surface area contributed by atoms with Crippen LogP contribution in [0, 0.1) is 11.3 Å². The highest BCUT2D eigenvalue weighted by molar-refractivity contribution is 5.94. The average Bonchev–Trinajstić information content (AvgIpc) is 3.31. The maximum absolute atomic E-state index is 13.3. The second kappa shape index (κ2) is 9.67. The minimum Gasteiger partial charge on any atom is -0.354 e. The van der Waals surface area contributed by atoms with E-state index in [0.29, 0.717) is 11.6 Å². The van der Waals surface area contributed by atoms with Gasteiger partial charge in [0.05, 0.1) is 29.1 Å². The molecule has 9 nitrogen and oxygen atoms in total. The highest BCUT2D eigenvalue weighted by Gasteiger charge is 2.31. The summed E-state index contributed by atoms with van der Waals surface area (Å²) in [6, 6.07) is 7.16. The van der Waals surface area contributed by atoms with Crippen molar-refractivity contribution in [3.05, 3.63) is 59.7 Å². The van der Waals surface area contributed by atoms with Gasteiger partial charge in [0.2, 0.25) is 5.95 Å². The Bertz CT molecular complexity index is 1460. The van der Waals surface area contributed by atoms with Crippen LogP contribution in [-0.4, -0.2) is 50.6 Å². The molecule has 1 unspecified atom stereocenters. The predicted octanol–water partition coefficient (Wildman–Crippen LogP) is 4.28. The van der Waals surface area contributed by atoms with E-state index in [-0.39, 0.29) is 34.3 Å². The Hall–Kier alpha value is -4.24. The smallest absolute Gasteiger partial charge is 0.354 e. The monoisotopic (exact) mass is 507 g/mol. The lowest BCUT2D eigenvalue weighted by molar-refractivity contribution is -0.137. The maximum Gasteiger partial charge on any atom is 0.417 e. The number of hydrogen-bond donors (Lipinski definition) is 3. The van der Waals surface area contributed by atoms with Crippen molar-refractivity contribution in [1.82, 2.24) is 30.2 Å². The van der Waals surface area contributed by atoms with Crippen molar-refractivity contribution in [2.24, 2.45) is 0 Å². The minimum absolute atomic E-state index is 0.132. The maximum atomic E-state index is 13.3. The van der Waals surface area contributed by atoms with E-state index in [9.17, 15) is 18.4 Å². The Morgan fingerprint density at radius 2 is 2.03 bits per heavy atom. The van der Waals surface area contributed by atoms with Crippen LogP contribution in [0.1, 0.15) is 36.6 Å². The van der Waals surface area contributed by atoms with Gasteiger partial charge in [0.15, 0.2) is 0 Å². The van der Waals surface area contributed by atoms with E-state index in [0.717, 1.165) is 43.3 Å². The first kappa shape index (κ1) is 24.5. The van der Waals surface area contributed by atoms with E-state index in [1.807, 2.05) is 25.1 Å². The van der Waals surface area contributed by atoms with Gasteiger partial charge in [0.25, 0.3) is 0 Å². The molecule has 1 aliphatic rings. The molecule has 0 aromatic carbocycles. The first-order valence-electron chi connectivity index (χ1n) is 11.8. The summed E-state index contributed by atoms with van der Waals surface area (Å²) in [4.78, 5) is 22.3. The molecule has 0 amide bonds. The number of pyridine rings is 2. The number of nitrogens with zero attached hydrogens (tertiary/aromatic N) is 6. The molecule has 1 fully saturated rings. The number of aromatic amines is 1. The summed E-state index contributed by atoms with van der Waals surface area (Å²) in [7, 11) is 0. The van der Waals surface area contributed by atoms with Crippen molar-refractivity contribution < 1.29 is 13.2 Å². The number of rotatable bonds is 5. The van der Waals surface area contributed by atoms with E-state index in [2.05, 4.69) is 47.4 Å². The zero-order valence-electron chi connectivity index (χ0n) is 20.1. The zero-order valence-corrected chi connectivity index (χ0v) is 20.1. The molecular weight excluding hydrogens is 483 g/mol. The standard InChI is InChI=1S/C25H24F3N9/c1-14-13-37(6-5-30-14)21-4-3-16(9-31-21)15(2)35-24-34-10-17(8-29)22(36-24)20-12-33-23-19(20)7-18(11-32-23)25(26,27)28/h3-4,7,9-12,14-15,30H,5-6,13H2,1-2H3,(H,32,33)(H,34,35,36)/t14-,15?/m0/s1. The second-order valence-electron chi connectivity index (χ2n) is 9.00. The van der Waals surface area contributed by atoms with Crippen molar-refractivity contribution in [2.45, 2.75) is 32.1 Å². The fourth-order valence-electron chi connectivity index (χ4n) is 4.35. The molecule has 4 aromatic rings. The molecule has 0 saturated carbocycles. The number of halogens is 3. The van der Waals surface area contributed by atoms with Gasteiger partial charge in [-0.2, -0.15) is 18.4 Å². The quantitative estimate of drug-likeness (QED) is 0.366. The van der Waals surface area contributed by atoms with E-state index >= 15 is 0 Å². The number of aromatic nitrogens is 5. The highest BCUT2D eigenvalue weighted by Crippen LogP contribution is 2.35. The Labute approximate surface area is 210 Å². The van der Waals surface area contributed by atoms with Crippen molar-refractivity contribution in [3.63, 3.8) is 0 Å². The zero-order chi connectivity index (χ0) is 26.2. The molecule has 0 radical (unpaired) electrons. The van der Waals surface area contributed by atoms with Gasteiger partial charge in [0.1, 0.15) is 17.5 Å². The van der Waals surface area contributed by atoms with Crippen LogP contribution in [0.25, 0.3) is 22.3 Å². The van der Waals surface area contributed by atoms with E-state index < -0.39 is 11.7 Å². The van der Waals surface area contributed by atoms with Crippen molar-refractivity contribution >= 4 is 22.8 Å². The molecule has 4 aromatic heterocycles. The second-order valence-corrected chi connectivity index (χ2v) is 9.00. The summed E-state index contributed by atoms with van der Waals surface area (Å²) in [6.07, 6.45) is 0.866. The molecule has 37 heavy (non-hydrogen) atoms. The molecule has 0 aliphatic carbocycles. The van der Waals surface area contributed by atoms with Gasteiger partial charge in [0, 0.05) is 55.2 Å². The number of nitriles is 1. The van der Waals surface area contributed by atoms with Crippen LogP contribution in [0.4, 0.5) is 24.9 Å². The lowest BCUT2D eigenvalue weighted by atomic mass is 10.1. The number of anilines is 2. The molecular formula is C25H24F3N9. The molecule has 5 rings (SSSR count). The molecule has 1 saturated heterocycles. The van der Waals surface area contributed by atoms with Crippen LogP contribution in [0.3, 0.4) is 0 Å². The largest absolute Gasteiger partial charge is 0.417 e. The summed E-state index contributed by atoms with van der Waals surface area (Å²) in [5, 5.41) is 16.4. The first-order chi connectivity index (χ1) is 17.7. The van der Waals surface area contributed by atoms with Crippen LogP contribution in [-0.2, 0) is 6.18 Å². The fraction of sp³-hybridized carbons (Fsp3) is 0.320. The third kappa shape index (κ3) is 5.03. The first-order valence-corrected chi connectivity index (χ1v) is 11.8. The number of H-pyrrole nitrogens is 1. The Kier molecular flexibility index (Phi) is 6.39. The number of piperazine rings is 1. The topological polar surface area (TPSA) is 118 Å². The van der Waals surface area contributed by atoms with Gasteiger partial charge < -0.3 is 20.5 Å². The van der Waals surface area contributed by atoms with Crippen molar-refractivity contribution in [2.75, 3.05) is 29.9 Å². The number of alkyl halides is 3. The third-order valence-electron chi connectivity index (χ3n) is 6.33. The Balaban J connectivity index is 1.41. The molecule has 5 heterocycles. The van der Waals surface area contributed by atoms with Gasteiger partial charge in [-0.25, -0.2) is 19.9 Å². The van der Waals surface area contributed by atoms with Crippen LogP contribution in [0.15, 0.2) is 43.0 Å². The molecule has 12 heteroatoms. The third-order valence-corrected chi connectivity index (χ3v) is 6.33. The van der Waals surface area contributed by atoms with Crippen LogP contribution in [0.2, 0.25) is 0 Å². The number of hydrogen-bond acceptors (Lipinski definition) is 8. The molecule has 190 valence electrons.